The monoisotopic (exact) mass is 531 g/mol. The van der Waals surface area contributed by atoms with Crippen molar-refractivity contribution in [3.8, 4) is 0 Å². The van der Waals surface area contributed by atoms with E-state index in [4.69, 9.17) is 19.2 Å². The van der Waals surface area contributed by atoms with Gasteiger partial charge >= 0.3 is 0 Å². The number of hydrogen-bond acceptors (Lipinski definition) is 4. The summed E-state index contributed by atoms with van der Waals surface area (Å²) in [6.45, 7) is 9.71. The molecule has 0 aromatic heterocycles. The lowest BCUT2D eigenvalue weighted by atomic mass is 10.1. The molecule has 1 aromatic rings. The summed E-state index contributed by atoms with van der Waals surface area (Å²) < 4.78 is 17.3. The van der Waals surface area contributed by atoms with Crippen molar-refractivity contribution in [3.05, 3.63) is 35.9 Å². The summed E-state index contributed by atoms with van der Waals surface area (Å²) in [4.78, 5) is 7.17. The van der Waals surface area contributed by atoms with E-state index < -0.39 is 0 Å². The van der Waals surface area contributed by atoms with Crippen LogP contribution in [-0.2, 0) is 20.8 Å². The van der Waals surface area contributed by atoms with Gasteiger partial charge in [-0.2, -0.15) is 0 Å². The van der Waals surface area contributed by atoms with Crippen LogP contribution in [0.2, 0.25) is 0 Å². The summed E-state index contributed by atoms with van der Waals surface area (Å²) in [6.07, 6.45) is 4.70. The Kier molecular flexibility index (Phi) is 12.7. The van der Waals surface area contributed by atoms with E-state index in [2.05, 4.69) is 41.4 Å². The van der Waals surface area contributed by atoms with Crippen molar-refractivity contribution in [3.63, 3.8) is 0 Å². The SMILES string of the molecule is CCNC(=NCCCOCC1CCCO1)N1CCC(COCc2ccccc2)C1.I. The first-order chi connectivity index (χ1) is 14.3. The highest BCUT2D eigenvalue weighted by atomic mass is 127. The predicted octanol–water partition coefficient (Wildman–Crippen LogP) is 3.69. The van der Waals surface area contributed by atoms with Gasteiger partial charge in [-0.1, -0.05) is 30.3 Å². The molecule has 0 bridgehead atoms. The summed E-state index contributed by atoms with van der Waals surface area (Å²) in [5.41, 5.74) is 1.24. The zero-order valence-electron chi connectivity index (χ0n) is 18.3. The molecule has 2 aliphatic rings. The minimum atomic E-state index is 0. The van der Waals surface area contributed by atoms with E-state index in [0.29, 0.717) is 18.6 Å². The van der Waals surface area contributed by atoms with Crippen molar-refractivity contribution in [2.45, 2.75) is 45.3 Å². The van der Waals surface area contributed by atoms with E-state index in [9.17, 15) is 0 Å². The summed E-state index contributed by atoms with van der Waals surface area (Å²) in [6, 6.07) is 10.4. The van der Waals surface area contributed by atoms with Crippen molar-refractivity contribution in [2.24, 2.45) is 10.9 Å². The molecule has 1 N–H and O–H groups in total. The maximum Gasteiger partial charge on any atom is 0.193 e. The van der Waals surface area contributed by atoms with E-state index in [1.165, 1.54) is 12.0 Å². The lowest BCUT2D eigenvalue weighted by molar-refractivity contribution is 0.0170. The minimum Gasteiger partial charge on any atom is -0.379 e. The Morgan fingerprint density at radius 2 is 2.07 bits per heavy atom. The average molecular weight is 531 g/mol. The summed E-state index contributed by atoms with van der Waals surface area (Å²) in [7, 11) is 0. The molecular weight excluding hydrogens is 493 g/mol. The third-order valence-electron chi connectivity index (χ3n) is 5.42. The van der Waals surface area contributed by atoms with Gasteiger partial charge in [0, 0.05) is 45.3 Å². The molecule has 7 heteroatoms. The standard InChI is InChI=1S/C23H37N3O3.HI/c1-2-24-23(25-12-7-14-27-19-22-10-6-15-29-22)26-13-11-21(16-26)18-28-17-20-8-4-3-5-9-20;/h3-5,8-9,21-22H,2,6-7,10-19H2,1H3,(H,24,25);1H. The van der Waals surface area contributed by atoms with Crippen LogP contribution in [0.25, 0.3) is 0 Å². The molecule has 2 saturated heterocycles. The van der Waals surface area contributed by atoms with Gasteiger partial charge in [0.1, 0.15) is 0 Å². The van der Waals surface area contributed by atoms with Crippen molar-refractivity contribution in [1.82, 2.24) is 10.2 Å². The van der Waals surface area contributed by atoms with E-state index in [1.807, 2.05) is 6.07 Å². The van der Waals surface area contributed by atoms with Crippen LogP contribution in [0, 0.1) is 5.92 Å². The topological polar surface area (TPSA) is 55.3 Å². The first-order valence-electron chi connectivity index (χ1n) is 11.2. The van der Waals surface area contributed by atoms with E-state index in [1.54, 1.807) is 0 Å². The Labute approximate surface area is 198 Å². The minimum absolute atomic E-state index is 0. The van der Waals surface area contributed by atoms with Crippen LogP contribution in [-0.4, -0.2) is 69.6 Å². The average Bonchev–Trinajstić information content (AvgIpc) is 3.43. The molecule has 0 saturated carbocycles. The smallest absolute Gasteiger partial charge is 0.193 e. The van der Waals surface area contributed by atoms with E-state index in [-0.39, 0.29) is 24.0 Å². The van der Waals surface area contributed by atoms with Gasteiger partial charge in [0.25, 0.3) is 0 Å². The number of likely N-dealkylation sites (tertiary alicyclic amines) is 1. The zero-order chi connectivity index (χ0) is 20.2. The molecule has 0 spiro atoms. The molecule has 1 aromatic carbocycles. The highest BCUT2D eigenvalue weighted by molar-refractivity contribution is 14.0. The van der Waals surface area contributed by atoms with Gasteiger partial charge in [-0.05, 0) is 38.2 Å². The summed E-state index contributed by atoms with van der Waals surface area (Å²) >= 11 is 0. The Balaban J connectivity index is 0.00000320. The van der Waals surface area contributed by atoms with E-state index in [0.717, 1.165) is 77.8 Å². The van der Waals surface area contributed by atoms with Crippen LogP contribution >= 0.6 is 24.0 Å². The largest absolute Gasteiger partial charge is 0.379 e. The van der Waals surface area contributed by atoms with Crippen LogP contribution in [0.5, 0.6) is 0 Å². The number of guanidine groups is 1. The third kappa shape index (κ3) is 9.08. The lowest BCUT2D eigenvalue weighted by Gasteiger charge is -2.21. The van der Waals surface area contributed by atoms with E-state index >= 15 is 0 Å². The van der Waals surface area contributed by atoms with Gasteiger partial charge < -0.3 is 24.4 Å². The molecule has 2 aliphatic heterocycles. The highest BCUT2D eigenvalue weighted by Gasteiger charge is 2.25. The molecule has 30 heavy (non-hydrogen) atoms. The molecule has 170 valence electrons. The second-order valence-electron chi connectivity index (χ2n) is 7.90. The Morgan fingerprint density at radius 3 is 2.83 bits per heavy atom. The number of nitrogens with zero attached hydrogens (tertiary/aromatic N) is 2. The van der Waals surface area contributed by atoms with Gasteiger partial charge in [0.2, 0.25) is 0 Å². The van der Waals surface area contributed by atoms with Gasteiger partial charge in [-0.15, -0.1) is 24.0 Å². The highest BCUT2D eigenvalue weighted by Crippen LogP contribution is 2.17. The maximum absolute atomic E-state index is 5.95. The quantitative estimate of drug-likeness (QED) is 0.204. The van der Waals surface area contributed by atoms with Crippen LogP contribution in [0.3, 0.4) is 0 Å². The molecule has 6 nitrogen and oxygen atoms in total. The normalized spacial score (nSPS) is 21.6. The van der Waals surface area contributed by atoms with Crippen molar-refractivity contribution >= 4 is 29.9 Å². The van der Waals surface area contributed by atoms with Gasteiger partial charge in [0.05, 0.1) is 25.9 Å². The fourth-order valence-corrected chi connectivity index (χ4v) is 3.85. The molecule has 0 aliphatic carbocycles. The number of hydrogen-bond donors (Lipinski definition) is 1. The van der Waals surface area contributed by atoms with Gasteiger partial charge in [-0.25, -0.2) is 0 Å². The van der Waals surface area contributed by atoms with Crippen LogP contribution < -0.4 is 5.32 Å². The maximum atomic E-state index is 5.95. The number of nitrogens with one attached hydrogen (secondary N) is 1. The van der Waals surface area contributed by atoms with Gasteiger partial charge in [-0.3, -0.25) is 4.99 Å². The molecule has 2 atom stereocenters. The van der Waals surface area contributed by atoms with Crippen molar-refractivity contribution in [2.75, 3.05) is 52.6 Å². The summed E-state index contributed by atoms with van der Waals surface area (Å²) in [5, 5.41) is 3.44. The lowest BCUT2D eigenvalue weighted by Crippen LogP contribution is -2.40. The fourth-order valence-electron chi connectivity index (χ4n) is 3.85. The predicted molar refractivity (Wildman–Crippen MR) is 132 cm³/mol. The Bertz CT molecular complexity index is 597. The number of aliphatic imine (C=N–C) groups is 1. The second-order valence-corrected chi connectivity index (χ2v) is 7.90. The van der Waals surface area contributed by atoms with Crippen LogP contribution in [0.1, 0.15) is 38.2 Å². The van der Waals surface area contributed by atoms with Crippen molar-refractivity contribution in [1.29, 1.82) is 0 Å². The van der Waals surface area contributed by atoms with Crippen LogP contribution in [0.4, 0.5) is 0 Å². The molecule has 2 unspecified atom stereocenters. The molecule has 2 heterocycles. The first kappa shape index (κ1) is 25.4. The molecule has 0 amide bonds. The molecule has 2 fully saturated rings. The van der Waals surface area contributed by atoms with Crippen LogP contribution in [0.15, 0.2) is 35.3 Å². The first-order valence-corrected chi connectivity index (χ1v) is 11.2. The third-order valence-corrected chi connectivity index (χ3v) is 5.42. The molecule has 0 radical (unpaired) electrons. The molecular formula is C23H38IN3O3. The zero-order valence-corrected chi connectivity index (χ0v) is 20.6. The number of ether oxygens (including phenoxy) is 3. The number of benzene rings is 1. The number of halogens is 1. The number of rotatable bonds is 11. The van der Waals surface area contributed by atoms with Crippen molar-refractivity contribution < 1.29 is 14.2 Å². The molecule has 3 rings (SSSR count). The van der Waals surface area contributed by atoms with Gasteiger partial charge in [0.15, 0.2) is 5.96 Å². The Morgan fingerprint density at radius 1 is 1.20 bits per heavy atom. The second kappa shape index (κ2) is 15.0. The Hall–Kier alpha value is -0.900. The summed E-state index contributed by atoms with van der Waals surface area (Å²) in [5.74, 6) is 1.59. The fraction of sp³-hybridized carbons (Fsp3) is 0.696.